The summed E-state index contributed by atoms with van der Waals surface area (Å²) < 4.78 is 5.87. The van der Waals surface area contributed by atoms with Crippen LogP contribution < -0.4 is 15.6 Å². The van der Waals surface area contributed by atoms with Crippen molar-refractivity contribution >= 4 is 17.3 Å². The Bertz CT molecular complexity index is 913. The van der Waals surface area contributed by atoms with Crippen LogP contribution in [0.25, 0.3) is 0 Å². The van der Waals surface area contributed by atoms with Crippen molar-refractivity contribution in [3.8, 4) is 5.75 Å². The van der Waals surface area contributed by atoms with E-state index in [0.717, 1.165) is 30.6 Å². The maximum absolute atomic E-state index is 11.4. The highest BCUT2D eigenvalue weighted by Crippen LogP contribution is 2.17. The van der Waals surface area contributed by atoms with E-state index >= 15 is 0 Å². The molecule has 0 fully saturated rings. The molecule has 0 unspecified atom stereocenters. The van der Waals surface area contributed by atoms with Gasteiger partial charge in [-0.05, 0) is 42.5 Å². The third kappa shape index (κ3) is 5.86. The van der Waals surface area contributed by atoms with Gasteiger partial charge in [0, 0.05) is 6.54 Å². The van der Waals surface area contributed by atoms with Crippen LogP contribution in [-0.4, -0.2) is 23.3 Å². The van der Waals surface area contributed by atoms with Crippen LogP contribution in [0.5, 0.6) is 5.75 Å². The highest BCUT2D eigenvalue weighted by atomic mass is 35.5. The Hall–Kier alpha value is -2.79. The number of nitrogens with one attached hydrogen (secondary N) is 2. The lowest BCUT2D eigenvalue weighted by molar-refractivity contribution is 0.311. The lowest BCUT2D eigenvalue weighted by Gasteiger charge is -2.10. The molecule has 6 heteroatoms. The summed E-state index contributed by atoms with van der Waals surface area (Å²) in [7, 11) is 0. The van der Waals surface area contributed by atoms with Gasteiger partial charge in [-0.25, -0.2) is 5.10 Å². The molecule has 0 bridgehead atoms. The molecular formula is C21H22ClN3O2. The minimum absolute atomic E-state index is 0.125. The minimum Gasteiger partial charge on any atom is -0.494 e. The van der Waals surface area contributed by atoms with E-state index in [1.807, 2.05) is 24.3 Å². The standard InChI is InChI=1S/C21H22ClN3O2/c22-20-19(15-24-25-21(20)26)23-12-11-17-8-4-10-18(14-17)27-13-5-9-16-6-2-1-3-7-16/h1-4,6-8,10,14-15H,5,9,11-13H2,(H2,23,25,26). The number of nitrogens with zero attached hydrogens (tertiary/aromatic N) is 1. The van der Waals surface area contributed by atoms with Crippen LogP contribution in [-0.2, 0) is 12.8 Å². The maximum atomic E-state index is 11.4. The van der Waals surface area contributed by atoms with Crippen LogP contribution in [0.3, 0.4) is 0 Å². The van der Waals surface area contributed by atoms with Gasteiger partial charge in [0.05, 0.1) is 18.5 Å². The third-order valence-electron chi connectivity index (χ3n) is 4.14. The number of rotatable bonds is 9. The first-order valence-corrected chi connectivity index (χ1v) is 9.33. The first kappa shape index (κ1) is 19.0. The quantitative estimate of drug-likeness (QED) is 0.546. The van der Waals surface area contributed by atoms with Gasteiger partial charge in [0.1, 0.15) is 10.8 Å². The van der Waals surface area contributed by atoms with Crippen LogP contribution in [0, 0.1) is 0 Å². The Morgan fingerprint density at radius 1 is 1.04 bits per heavy atom. The van der Waals surface area contributed by atoms with Gasteiger partial charge in [-0.2, -0.15) is 5.10 Å². The van der Waals surface area contributed by atoms with Gasteiger partial charge in [-0.15, -0.1) is 0 Å². The number of anilines is 1. The van der Waals surface area contributed by atoms with Crippen molar-refractivity contribution in [1.29, 1.82) is 0 Å². The second-order valence-corrected chi connectivity index (χ2v) is 6.57. The topological polar surface area (TPSA) is 67.0 Å². The molecule has 0 amide bonds. The second-order valence-electron chi connectivity index (χ2n) is 6.19. The monoisotopic (exact) mass is 383 g/mol. The summed E-state index contributed by atoms with van der Waals surface area (Å²) in [5, 5.41) is 9.30. The zero-order chi connectivity index (χ0) is 18.9. The lowest BCUT2D eigenvalue weighted by Crippen LogP contribution is -2.13. The van der Waals surface area contributed by atoms with Gasteiger partial charge >= 0.3 is 0 Å². The first-order valence-electron chi connectivity index (χ1n) is 8.95. The van der Waals surface area contributed by atoms with E-state index in [9.17, 15) is 4.79 Å². The number of hydrogen-bond donors (Lipinski definition) is 2. The number of aryl methyl sites for hydroxylation is 1. The molecule has 3 rings (SSSR count). The van der Waals surface area contributed by atoms with E-state index in [4.69, 9.17) is 16.3 Å². The normalized spacial score (nSPS) is 10.6. The van der Waals surface area contributed by atoms with Gasteiger partial charge in [0.2, 0.25) is 0 Å². The highest BCUT2D eigenvalue weighted by Gasteiger charge is 2.04. The van der Waals surface area contributed by atoms with E-state index in [2.05, 4.69) is 45.8 Å². The molecule has 3 aromatic rings. The fourth-order valence-electron chi connectivity index (χ4n) is 2.75. The molecule has 2 aromatic carbocycles. The van der Waals surface area contributed by atoms with Crippen LogP contribution >= 0.6 is 11.6 Å². The summed E-state index contributed by atoms with van der Waals surface area (Å²) in [4.78, 5) is 11.4. The van der Waals surface area contributed by atoms with E-state index in [1.165, 1.54) is 11.8 Å². The zero-order valence-electron chi connectivity index (χ0n) is 15.0. The van der Waals surface area contributed by atoms with Gasteiger partial charge < -0.3 is 10.1 Å². The number of ether oxygens (including phenoxy) is 1. The lowest BCUT2D eigenvalue weighted by atomic mass is 10.1. The summed E-state index contributed by atoms with van der Waals surface area (Å²) in [6, 6.07) is 18.5. The fourth-order valence-corrected chi connectivity index (χ4v) is 2.91. The summed E-state index contributed by atoms with van der Waals surface area (Å²) >= 11 is 5.95. The van der Waals surface area contributed by atoms with Crippen molar-refractivity contribution in [1.82, 2.24) is 10.2 Å². The highest BCUT2D eigenvalue weighted by molar-refractivity contribution is 6.32. The third-order valence-corrected chi connectivity index (χ3v) is 4.52. The van der Waals surface area contributed by atoms with Crippen molar-refractivity contribution in [2.24, 2.45) is 0 Å². The van der Waals surface area contributed by atoms with Crippen LogP contribution in [0.4, 0.5) is 5.69 Å². The minimum atomic E-state index is -0.396. The van der Waals surface area contributed by atoms with Crippen molar-refractivity contribution in [2.45, 2.75) is 19.3 Å². The van der Waals surface area contributed by atoms with Crippen LogP contribution in [0.1, 0.15) is 17.5 Å². The van der Waals surface area contributed by atoms with Gasteiger partial charge in [-0.3, -0.25) is 4.79 Å². The molecule has 0 saturated heterocycles. The summed E-state index contributed by atoms with van der Waals surface area (Å²) in [5.74, 6) is 0.872. The number of aromatic amines is 1. The molecule has 0 radical (unpaired) electrons. The Kier molecular flexibility index (Phi) is 6.88. The van der Waals surface area contributed by atoms with E-state index in [-0.39, 0.29) is 5.02 Å². The SMILES string of the molecule is O=c1[nH]ncc(NCCc2cccc(OCCCc3ccccc3)c2)c1Cl. The fraction of sp³-hybridized carbons (Fsp3) is 0.238. The molecule has 0 aliphatic rings. The Balaban J connectivity index is 1.44. The molecule has 0 atom stereocenters. The smallest absolute Gasteiger partial charge is 0.285 e. The Morgan fingerprint density at radius 2 is 1.85 bits per heavy atom. The first-order chi connectivity index (χ1) is 13.2. The molecule has 0 saturated carbocycles. The van der Waals surface area contributed by atoms with Crippen molar-refractivity contribution in [3.05, 3.63) is 87.3 Å². The van der Waals surface area contributed by atoms with E-state index in [1.54, 1.807) is 0 Å². The molecule has 27 heavy (non-hydrogen) atoms. The average Bonchev–Trinajstić information content (AvgIpc) is 2.70. The maximum Gasteiger partial charge on any atom is 0.285 e. The van der Waals surface area contributed by atoms with Crippen molar-refractivity contribution < 1.29 is 4.74 Å². The summed E-state index contributed by atoms with van der Waals surface area (Å²) in [6.07, 6.45) is 4.28. The van der Waals surface area contributed by atoms with Crippen molar-refractivity contribution in [3.63, 3.8) is 0 Å². The van der Waals surface area contributed by atoms with Crippen molar-refractivity contribution in [2.75, 3.05) is 18.5 Å². The van der Waals surface area contributed by atoms with Gasteiger partial charge in [0.25, 0.3) is 5.56 Å². The second kappa shape index (κ2) is 9.78. The summed E-state index contributed by atoms with van der Waals surface area (Å²) in [6.45, 7) is 1.33. The number of halogens is 1. The largest absolute Gasteiger partial charge is 0.494 e. The summed E-state index contributed by atoms with van der Waals surface area (Å²) in [5.41, 5.74) is 2.62. The van der Waals surface area contributed by atoms with E-state index in [0.29, 0.717) is 18.8 Å². The molecule has 0 spiro atoms. The Labute approximate surface area is 163 Å². The molecule has 5 nitrogen and oxygen atoms in total. The van der Waals surface area contributed by atoms with Crippen LogP contribution in [0.15, 0.2) is 65.6 Å². The van der Waals surface area contributed by atoms with Gasteiger partial charge in [-0.1, -0.05) is 54.1 Å². The predicted octanol–water partition coefficient (Wildman–Crippen LogP) is 4.09. The number of benzene rings is 2. The zero-order valence-corrected chi connectivity index (χ0v) is 15.7. The Morgan fingerprint density at radius 3 is 2.70 bits per heavy atom. The van der Waals surface area contributed by atoms with E-state index < -0.39 is 5.56 Å². The van der Waals surface area contributed by atoms with Crippen LogP contribution in [0.2, 0.25) is 5.02 Å². The average molecular weight is 384 g/mol. The number of H-pyrrole nitrogens is 1. The van der Waals surface area contributed by atoms with Gasteiger partial charge in [0.15, 0.2) is 0 Å². The molecular weight excluding hydrogens is 362 g/mol. The number of hydrogen-bond acceptors (Lipinski definition) is 4. The molecule has 140 valence electrons. The predicted molar refractivity (Wildman–Crippen MR) is 109 cm³/mol. The molecule has 1 aromatic heterocycles. The molecule has 0 aliphatic heterocycles. The number of aromatic nitrogens is 2. The molecule has 2 N–H and O–H groups in total. The molecule has 0 aliphatic carbocycles. The molecule has 1 heterocycles.